The van der Waals surface area contributed by atoms with E-state index in [1.807, 2.05) is 0 Å². The van der Waals surface area contributed by atoms with Gasteiger partial charge in [0.2, 0.25) is 5.82 Å². The number of aromatic nitrogens is 1. The van der Waals surface area contributed by atoms with Crippen molar-refractivity contribution in [1.82, 2.24) is 4.98 Å². The van der Waals surface area contributed by atoms with Gasteiger partial charge in [-0.25, -0.2) is 4.98 Å². The fraction of sp³-hybridized carbons (Fsp3) is 0.583. The molecule has 0 spiro atoms. The predicted molar refractivity (Wildman–Crippen MR) is 72.4 cm³/mol. The van der Waals surface area contributed by atoms with Crippen LogP contribution >= 0.6 is 11.6 Å². The summed E-state index contributed by atoms with van der Waals surface area (Å²) in [5.74, 6) is 0.268. The number of aliphatic hydroxyl groups excluding tert-OH is 1. The number of nitrogens with one attached hydrogen (secondary N) is 1. The highest BCUT2D eigenvalue weighted by atomic mass is 35.5. The summed E-state index contributed by atoms with van der Waals surface area (Å²) >= 11 is 5.75. The number of anilines is 1. The van der Waals surface area contributed by atoms with Crippen molar-refractivity contribution in [1.29, 1.82) is 0 Å². The SMILES string of the molecule is O=[N+]([O-])c1ccc(Cl)nc1NCC1CCCCC1O. The average molecular weight is 286 g/mol. The van der Waals surface area contributed by atoms with Crippen LogP contribution in [0.4, 0.5) is 11.5 Å². The maximum absolute atomic E-state index is 10.9. The van der Waals surface area contributed by atoms with Gasteiger partial charge in [0.05, 0.1) is 11.0 Å². The fourth-order valence-electron chi connectivity index (χ4n) is 2.36. The van der Waals surface area contributed by atoms with Crippen LogP contribution in [0.15, 0.2) is 12.1 Å². The van der Waals surface area contributed by atoms with Gasteiger partial charge in [-0.2, -0.15) is 0 Å². The van der Waals surface area contributed by atoms with E-state index in [0.717, 1.165) is 25.7 Å². The first kappa shape index (κ1) is 14.0. The van der Waals surface area contributed by atoms with Crippen molar-refractivity contribution >= 4 is 23.1 Å². The minimum atomic E-state index is -0.497. The summed E-state index contributed by atoms with van der Waals surface area (Å²) in [4.78, 5) is 14.3. The summed E-state index contributed by atoms with van der Waals surface area (Å²) in [5.41, 5.74) is -0.102. The lowest BCUT2D eigenvalue weighted by molar-refractivity contribution is -0.384. The van der Waals surface area contributed by atoms with E-state index in [1.165, 1.54) is 12.1 Å². The fourth-order valence-corrected chi connectivity index (χ4v) is 2.51. The largest absolute Gasteiger partial charge is 0.393 e. The standard InChI is InChI=1S/C12H16ClN3O3/c13-11-6-5-9(16(18)19)12(15-11)14-7-8-3-1-2-4-10(8)17/h5-6,8,10,17H,1-4,7H2,(H,14,15). The van der Waals surface area contributed by atoms with Crippen molar-refractivity contribution in [3.05, 3.63) is 27.4 Å². The average Bonchev–Trinajstić information content (AvgIpc) is 2.37. The number of nitrogens with zero attached hydrogens (tertiary/aromatic N) is 2. The number of nitro groups is 1. The van der Waals surface area contributed by atoms with E-state index >= 15 is 0 Å². The normalized spacial score (nSPS) is 23.1. The molecule has 7 heteroatoms. The minimum Gasteiger partial charge on any atom is -0.393 e. The lowest BCUT2D eigenvalue weighted by Gasteiger charge is -2.27. The molecule has 1 aliphatic rings. The molecule has 104 valence electrons. The molecule has 2 rings (SSSR count). The molecule has 1 fully saturated rings. The van der Waals surface area contributed by atoms with E-state index in [4.69, 9.17) is 11.6 Å². The molecule has 6 nitrogen and oxygen atoms in total. The second-order valence-electron chi connectivity index (χ2n) is 4.75. The Labute approximate surface area is 116 Å². The molecular formula is C12H16ClN3O3. The summed E-state index contributed by atoms with van der Waals surface area (Å²) in [6.07, 6.45) is 3.47. The molecule has 0 aromatic carbocycles. The lowest BCUT2D eigenvalue weighted by atomic mass is 9.86. The van der Waals surface area contributed by atoms with E-state index in [1.54, 1.807) is 0 Å². The third kappa shape index (κ3) is 3.54. The van der Waals surface area contributed by atoms with Crippen molar-refractivity contribution in [3.8, 4) is 0 Å². The molecule has 2 N–H and O–H groups in total. The second-order valence-corrected chi connectivity index (χ2v) is 5.14. The second kappa shape index (κ2) is 6.16. The van der Waals surface area contributed by atoms with Crippen molar-refractivity contribution in [2.75, 3.05) is 11.9 Å². The first-order chi connectivity index (χ1) is 9.08. The first-order valence-corrected chi connectivity index (χ1v) is 6.68. The minimum absolute atomic E-state index is 0.102. The van der Waals surface area contributed by atoms with Crippen LogP contribution in [-0.2, 0) is 0 Å². The van der Waals surface area contributed by atoms with E-state index in [2.05, 4.69) is 10.3 Å². The molecule has 0 bridgehead atoms. The molecule has 1 aromatic rings. The Kier molecular flexibility index (Phi) is 4.55. The van der Waals surface area contributed by atoms with E-state index in [9.17, 15) is 15.2 Å². The Morgan fingerprint density at radius 2 is 2.21 bits per heavy atom. The number of halogens is 1. The van der Waals surface area contributed by atoms with Crippen LogP contribution in [-0.4, -0.2) is 27.7 Å². The van der Waals surface area contributed by atoms with Crippen LogP contribution in [0.3, 0.4) is 0 Å². The van der Waals surface area contributed by atoms with Gasteiger partial charge in [0, 0.05) is 18.5 Å². The summed E-state index contributed by atoms with van der Waals surface area (Å²) in [5, 5.41) is 23.9. The summed E-state index contributed by atoms with van der Waals surface area (Å²) < 4.78 is 0. The number of pyridine rings is 1. The third-order valence-electron chi connectivity index (χ3n) is 3.44. The molecule has 0 aliphatic heterocycles. The van der Waals surface area contributed by atoms with Crippen LogP contribution in [0, 0.1) is 16.0 Å². The molecular weight excluding hydrogens is 270 g/mol. The third-order valence-corrected chi connectivity index (χ3v) is 3.65. The number of aliphatic hydroxyl groups is 1. The molecule has 2 unspecified atom stereocenters. The first-order valence-electron chi connectivity index (χ1n) is 6.31. The molecule has 0 saturated heterocycles. The van der Waals surface area contributed by atoms with E-state index < -0.39 is 4.92 Å². The Morgan fingerprint density at radius 3 is 2.89 bits per heavy atom. The van der Waals surface area contributed by atoms with Crippen LogP contribution in [0.5, 0.6) is 0 Å². The Bertz CT molecular complexity index is 470. The molecule has 19 heavy (non-hydrogen) atoms. The van der Waals surface area contributed by atoms with Crippen LogP contribution in [0.25, 0.3) is 0 Å². The molecule has 0 amide bonds. The summed E-state index contributed by atoms with van der Waals surface area (Å²) in [6.45, 7) is 0.468. The monoisotopic (exact) mass is 285 g/mol. The van der Waals surface area contributed by atoms with Gasteiger partial charge >= 0.3 is 5.69 Å². The number of hydrogen-bond acceptors (Lipinski definition) is 5. The smallest absolute Gasteiger partial charge is 0.311 e. The number of hydrogen-bond donors (Lipinski definition) is 2. The van der Waals surface area contributed by atoms with Crippen LogP contribution in [0.2, 0.25) is 5.15 Å². The summed E-state index contributed by atoms with van der Waals surface area (Å²) in [6, 6.07) is 2.72. The van der Waals surface area contributed by atoms with E-state index in [0.29, 0.717) is 6.54 Å². The Hall–Kier alpha value is -1.40. The molecule has 1 aromatic heterocycles. The van der Waals surface area contributed by atoms with Crippen molar-refractivity contribution in [3.63, 3.8) is 0 Å². The van der Waals surface area contributed by atoms with Crippen molar-refractivity contribution in [2.24, 2.45) is 5.92 Å². The maximum Gasteiger partial charge on any atom is 0.311 e. The highest BCUT2D eigenvalue weighted by molar-refractivity contribution is 6.29. The van der Waals surface area contributed by atoms with Crippen molar-refractivity contribution in [2.45, 2.75) is 31.8 Å². The zero-order valence-electron chi connectivity index (χ0n) is 10.4. The van der Waals surface area contributed by atoms with Crippen molar-refractivity contribution < 1.29 is 10.0 Å². The molecule has 1 aliphatic carbocycles. The Balaban J connectivity index is 2.05. The molecule has 2 atom stereocenters. The highest BCUT2D eigenvalue weighted by Crippen LogP contribution is 2.27. The van der Waals surface area contributed by atoms with Gasteiger partial charge in [0.15, 0.2) is 0 Å². The van der Waals surface area contributed by atoms with Gasteiger partial charge in [-0.05, 0) is 18.9 Å². The van der Waals surface area contributed by atoms with Crippen LogP contribution < -0.4 is 5.32 Å². The molecule has 0 radical (unpaired) electrons. The molecule has 1 heterocycles. The molecule has 1 saturated carbocycles. The number of rotatable bonds is 4. The highest BCUT2D eigenvalue weighted by Gasteiger charge is 2.24. The van der Waals surface area contributed by atoms with Gasteiger partial charge in [-0.3, -0.25) is 10.1 Å². The predicted octanol–water partition coefficient (Wildman–Crippen LogP) is 2.61. The zero-order valence-corrected chi connectivity index (χ0v) is 11.1. The lowest BCUT2D eigenvalue weighted by Crippen LogP contribution is -2.30. The van der Waals surface area contributed by atoms with Gasteiger partial charge < -0.3 is 10.4 Å². The zero-order chi connectivity index (χ0) is 13.8. The van der Waals surface area contributed by atoms with Gasteiger partial charge in [-0.15, -0.1) is 0 Å². The van der Waals surface area contributed by atoms with E-state index in [-0.39, 0.29) is 28.7 Å². The van der Waals surface area contributed by atoms with Gasteiger partial charge in [0.1, 0.15) is 5.15 Å². The quantitative estimate of drug-likeness (QED) is 0.504. The van der Waals surface area contributed by atoms with Gasteiger partial charge in [0.25, 0.3) is 0 Å². The topological polar surface area (TPSA) is 88.3 Å². The summed E-state index contributed by atoms with van der Waals surface area (Å²) in [7, 11) is 0. The van der Waals surface area contributed by atoms with Gasteiger partial charge in [-0.1, -0.05) is 24.4 Å². The van der Waals surface area contributed by atoms with Crippen LogP contribution in [0.1, 0.15) is 25.7 Å². The Morgan fingerprint density at radius 1 is 1.47 bits per heavy atom. The maximum atomic E-state index is 10.9.